The minimum absolute atomic E-state index is 0.524. The van der Waals surface area contributed by atoms with Crippen LogP contribution >= 0.6 is 0 Å². The molecule has 22 heavy (non-hydrogen) atoms. The van der Waals surface area contributed by atoms with E-state index in [1.165, 1.54) is 5.56 Å². The van der Waals surface area contributed by atoms with Crippen molar-refractivity contribution in [3.8, 4) is 0 Å². The van der Waals surface area contributed by atoms with Gasteiger partial charge in [0.2, 0.25) is 5.89 Å². The number of hydrogen-bond donors (Lipinski definition) is 0. The van der Waals surface area contributed by atoms with Crippen molar-refractivity contribution in [2.24, 2.45) is 0 Å². The monoisotopic (exact) mass is 300 g/mol. The molecule has 1 aromatic heterocycles. The molecular formula is C17H24N4O. The average molecular weight is 300 g/mol. The summed E-state index contributed by atoms with van der Waals surface area (Å²) in [5, 5.41) is 3.99. The highest BCUT2D eigenvalue weighted by molar-refractivity contribution is 5.19. The molecule has 1 aromatic carbocycles. The highest BCUT2D eigenvalue weighted by Gasteiger charge is 2.24. The van der Waals surface area contributed by atoms with Crippen LogP contribution in [-0.4, -0.2) is 46.1 Å². The van der Waals surface area contributed by atoms with E-state index in [-0.39, 0.29) is 0 Å². The highest BCUT2D eigenvalue weighted by atomic mass is 16.5. The lowest BCUT2D eigenvalue weighted by Crippen LogP contribution is -2.47. The van der Waals surface area contributed by atoms with Crippen LogP contribution in [0.4, 0.5) is 0 Å². The van der Waals surface area contributed by atoms with Gasteiger partial charge in [0.05, 0.1) is 6.54 Å². The van der Waals surface area contributed by atoms with Gasteiger partial charge >= 0.3 is 0 Å². The first-order valence-corrected chi connectivity index (χ1v) is 8.07. The van der Waals surface area contributed by atoms with Gasteiger partial charge in [-0.15, -0.1) is 0 Å². The fourth-order valence-corrected chi connectivity index (χ4v) is 3.22. The van der Waals surface area contributed by atoms with E-state index in [4.69, 9.17) is 4.52 Å². The zero-order valence-corrected chi connectivity index (χ0v) is 13.4. The smallest absolute Gasteiger partial charge is 0.223 e. The van der Waals surface area contributed by atoms with E-state index in [2.05, 4.69) is 57.2 Å². The number of aryl methyl sites for hydroxylation is 1. The summed E-state index contributed by atoms with van der Waals surface area (Å²) in [5.41, 5.74) is 1.42. The van der Waals surface area contributed by atoms with Gasteiger partial charge in [0.25, 0.3) is 0 Å². The molecule has 1 saturated heterocycles. The molecule has 5 nitrogen and oxygen atoms in total. The summed E-state index contributed by atoms with van der Waals surface area (Å²) in [7, 11) is 0. The van der Waals surface area contributed by atoms with Gasteiger partial charge < -0.3 is 4.52 Å². The average Bonchev–Trinajstić information content (AvgIpc) is 2.96. The SMILES string of the molecule is CC[C@@H](c1ccccc1)N1CCN(Cc2noc(C)n2)CC1. The Kier molecular flexibility index (Phi) is 4.85. The van der Waals surface area contributed by atoms with Crippen molar-refractivity contribution in [3.05, 3.63) is 47.6 Å². The van der Waals surface area contributed by atoms with E-state index in [0.29, 0.717) is 11.9 Å². The molecule has 0 unspecified atom stereocenters. The molecule has 1 aliphatic rings. The van der Waals surface area contributed by atoms with Crippen LogP contribution in [0, 0.1) is 6.92 Å². The Morgan fingerprint density at radius 2 is 1.86 bits per heavy atom. The van der Waals surface area contributed by atoms with E-state index < -0.39 is 0 Å². The molecule has 1 aliphatic heterocycles. The lowest BCUT2D eigenvalue weighted by Gasteiger charge is -2.38. The van der Waals surface area contributed by atoms with Gasteiger partial charge in [-0.05, 0) is 12.0 Å². The third kappa shape index (κ3) is 3.54. The van der Waals surface area contributed by atoms with Crippen LogP contribution in [0.3, 0.4) is 0 Å². The number of hydrogen-bond acceptors (Lipinski definition) is 5. The lowest BCUT2D eigenvalue weighted by atomic mass is 10.0. The van der Waals surface area contributed by atoms with Crippen LogP contribution < -0.4 is 0 Å². The van der Waals surface area contributed by atoms with Crippen molar-refractivity contribution in [1.82, 2.24) is 19.9 Å². The number of benzene rings is 1. The standard InChI is InChI=1S/C17H24N4O/c1-3-16(15-7-5-4-6-8-15)21-11-9-20(10-12-21)13-17-18-14(2)22-19-17/h4-8,16H,3,9-13H2,1-2H3/t16-/m0/s1. The molecule has 2 aromatic rings. The minimum atomic E-state index is 0.524. The van der Waals surface area contributed by atoms with Crippen molar-refractivity contribution in [1.29, 1.82) is 0 Å². The Morgan fingerprint density at radius 1 is 1.14 bits per heavy atom. The molecule has 0 aliphatic carbocycles. The van der Waals surface area contributed by atoms with Crippen molar-refractivity contribution in [2.45, 2.75) is 32.9 Å². The molecule has 0 N–H and O–H groups in total. The van der Waals surface area contributed by atoms with Crippen LogP contribution in [-0.2, 0) is 6.54 Å². The fourth-order valence-electron chi connectivity index (χ4n) is 3.22. The Hall–Kier alpha value is -1.72. The van der Waals surface area contributed by atoms with Crippen LogP contribution in [0.2, 0.25) is 0 Å². The Labute approximate surface area is 131 Å². The first-order valence-electron chi connectivity index (χ1n) is 8.07. The van der Waals surface area contributed by atoms with Gasteiger partial charge in [-0.1, -0.05) is 42.4 Å². The normalized spacial score (nSPS) is 18.5. The molecule has 0 spiro atoms. The van der Waals surface area contributed by atoms with Crippen molar-refractivity contribution in [3.63, 3.8) is 0 Å². The van der Waals surface area contributed by atoms with Crippen molar-refractivity contribution < 1.29 is 4.52 Å². The topological polar surface area (TPSA) is 45.4 Å². The molecule has 3 rings (SSSR count). The largest absolute Gasteiger partial charge is 0.340 e. The quantitative estimate of drug-likeness (QED) is 0.849. The molecule has 0 bridgehead atoms. The summed E-state index contributed by atoms with van der Waals surface area (Å²) in [5.74, 6) is 1.44. The number of piperazine rings is 1. The summed E-state index contributed by atoms with van der Waals surface area (Å²) in [6.45, 7) is 9.17. The van der Waals surface area contributed by atoms with Gasteiger partial charge in [0.1, 0.15) is 0 Å². The first kappa shape index (κ1) is 15.2. The maximum absolute atomic E-state index is 5.04. The molecule has 118 valence electrons. The third-order valence-corrected chi connectivity index (χ3v) is 4.35. The van der Waals surface area contributed by atoms with Crippen molar-refractivity contribution in [2.75, 3.05) is 26.2 Å². The second-order valence-corrected chi connectivity index (χ2v) is 5.88. The molecule has 5 heteroatoms. The lowest BCUT2D eigenvalue weighted by molar-refractivity contribution is 0.0876. The molecular weight excluding hydrogens is 276 g/mol. The predicted molar refractivity (Wildman–Crippen MR) is 85.4 cm³/mol. The van der Waals surface area contributed by atoms with Gasteiger partial charge in [0.15, 0.2) is 5.82 Å². The number of rotatable bonds is 5. The second kappa shape index (κ2) is 7.03. The summed E-state index contributed by atoms with van der Waals surface area (Å²) in [4.78, 5) is 9.28. The van der Waals surface area contributed by atoms with Crippen LogP contribution in [0.25, 0.3) is 0 Å². The van der Waals surface area contributed by atoms with E-state index in [1.807, 2.05) is 6.92 Å². The van der Waals surface area contributed by atoms with Gasteiger partial charge in [-0.3, -0.25) is 9.80 Å². The van der Waals surface area contributed by atoms with E-state index in [0.717, 1.165) is 45.0 Å². The number of aromatic nitrogens is 2. The Bertz CT molecular complexity index is 575. The fraction of sp³-hybridized carbons (Fsp3) is 0.529. The van der Waals surface area contributed by atoms with Crippen LogP contribution in [0.5, 0.6) is 0 Å². The van der Waals surface area contributed by atoms with Crippen molar-refractivity contribution >= 4 is 0 Å². The summed E-state index contributed by atoms with van der Waals surface area (Å²) in [6.07, 6.45) is 1.15. The molecule has 1 fully saturated rings. The Balaban J connectivity index is 1.56. The van der Waals surface area contributed by atoms with Gasteiger partial charge in [0, 0.05) is 39.1 Å². The predicted octanol–water partition coefficient (Wildman–Crippen LogP) is 2.65. The molecule has 0 amide bonds. The third-order valence-electron chi connectivity index (χ3n) is 4.35. The number of nitrogens with zero attached hydrogens (tertiary/aromatic N) is 4. The zero-order valence-electron chi connectivity index (χ0n) is 13.4. The summed E-state index contributed by atoms with van der Waals surface area (Å²) >= 11 is 0. The van der Waals surface area contributed by atoms with Crippen LogP contribution in [0.1, 0.15) is 36.7 Å². The van der Waals surface area contributed by atoms with E-state index in [1.54, 1.807) is 0 Å². The van der Waals surface area contributed by atoms with Gasteiger partial charge in [-0.2, -0.15) is 4.98 Å². The minimum Gasteiger partial charge on any atom is -0.340 e. The second-order valence-electron chi connectivity index (χ2n) is 5.88. The van der Waals surface area contributed by atoms with E-state index >= 15 is 0 Å². The van der Waals surface area contributed by atoms with Gasteiger partial charge in [-0.25, -0.2) is 0 Å². The molecule has 0 radical (unpaired) electrons. The van der Waals surface area contributed by atoms with Crippen LogP contribution in [0.15, 0.2) is 34.9 Å². The highest BCUT2D eigenvalue weighted by Crippen LogP contribution is 2.25. The maximum Gasteiger partial charge on any atom is 0.223 e. The maximum atomic E-state index is 5.04. The molecule has 1 atom stereocenters. The zero-order chi connectivity index (χ0) is 15.4. The summed E-state index contributed by atoms with van der Waals surface area (Å²) in [6, 6.07) is 11.3. The first-order chi connectivity index (χ1) is 10.8. The molecule has 0 saturated carbocycles. The summed E-state index contributed by atoms with van der Waals surface area (Å²) < 4.78 is 5.04. The Morgan fingerprint density at radius 3 is 2.45 bits per heavy atom. The van der Waals surface area contributed by atoms with E-state index in [9.17, 15) is 0 Å². The molecule has 2 heterocycles.